The fraction of sp³-hybridized carbons (Fsp3) is 0.316. The molecule has 28 heavy (non-hydrogen) atoms. The van der Waals surface area contributed by atoms with Crippen LogP contribution in [-0.4, -0.2) is 44.9 Å². The largest absolute Gasteiger partial charge is 0.478 e. The average Bonchev–Trinajstić information content (AvgIpc) is 3.07. The van der Waals surface area contributed by atoms with Crippen molar-refractivity contribution in [3.8, 4) is 11.3 Å². The minimum atomic E-state index is -1.20. The van der Waals surface area contributed by atoms with E-state index in [0.717, 1.165) is 18.9 Å². The number of nitrogens with one attached hydrogen (secondary N) is 1. The molecule has 0 aliphatic carbocycles. The molecule has 0 atom stereocenters. The van der Waals surface area contributed by atoms with E-state index in [1.165, 1.54) is 18.2 Å². The maximum Gasteiger partial charge on any atom is 0.336 e. The topological polar surface area (TPSA) is 108 Å². The van der Waals surface area contributed by atoms with Gasteiger partial charge < -0.3 is 15.7 Å². The summed E-state index contributed by atoms with van der Waals surface area (Å²) >= 11 is 0. The van der Waals surface area contributed by atoms with Gasteiger partial charge in [0.15, 0.2) is 17.3 Å². The number of pyridine rings is 1. The zero-order chi connectivity index (χ0) is 20.1. The molecule has 0 bridgehead atoms. The molecule has 2 aromatic heterocycles. The lowest BCUT2D eigenvalue weighted by Gasteiger charge is -2.37. The molecule has 4 rings (SSSR count). The average molecular weight is 387 g/mol. The molecule has 0 spiro atoms. The van der Waals surface area contributed by atoms with Gasteiger partial charge in [-0.05, 0) is 38.0 Å². The first-order valence-electron chi connectivity index (χ1n) is 8.87. The molecule has 1 fully saturated rings. The van der Waals surface area contributed by atoms with Crippen LogP contribution in [0.1, 0.15) is 30.1 Å². The summed E-state index contributed by atoms with van der Waals surface area (Å²) < 4.78 is 27.9. The van der Waals surface area contributed by atoms with Gasteiger partial charge in [0.1, 0.15) is 11.5 Å². The Morgan fingerprint density at radius 1 is 1.32 bits per heavy atom. The fourth-order valence-corrected chi connectivity index (χ4v) is 3.48. The van der Waals surface area contributed by atoms with E-state index in [-0.39, 0.29) is 33.4 Å². The normalized spacial score (nSPS) is 16.5. The summed E-state index contributed by atoms with van der Waals surface area (Å²) in [6.07, 6.45) is 1.50. The van der Waals surface area contributed by atoms with E-state index in [1.807, 2.05) is 11.8 Å². The van der Waals surface area contributed by atoms with Crippen LogP contribution < -0.4 is 10.6 Å². The number of carboxylic acids is 1. The number of benzene rings is 1. The van der Waals surface area contributed by atoms with Crippen molar-refractivity contribution in [2.75, 3.05) is 18.0 Å². The first-order valence-corrected chi connectivity index (χ1v) is 8.87. The summed E-state index contributed by atoms with van der Waals surface area (Å²) in [5.74, 6) is -2.84. The molecule has 1 saturated heterocycles. The number of fused-ring (bicyclic) bond motifs is 1. The number of H-pyrrole nitrogens is 1. The number of aromatic nitrogens is 3. The summed E-state index contributed by atoms with van der Waals surface area (Å²) in [6.45, 7) is 3.27. The van der Waals surface area contributed by atoms with Gasteiger partial charge in [-0.2, -0.15) is 5.10 Å². The Bertz CT molecular complexity index is 1070. The van der Waals surface area contributed by atoms with Crippen LogP contribution >= 0.6 is 0 Å². The maximum atomic E-state index is 14.3. The number of nitrogens with two attached hydrogens (primary N) is 1. The number of halogens is 2. The molecule has 0 saturated carbocycles. The lowest BCUT2D eigenvalue weighted by Crippen LogP contribution is -2.48. The number of carbonyl (C=O) groups is 1. The number of nitrogens with zero attached hydrogens (tertiary/aromatic N) is 3. The fourth-order valence-electron chi connectivity index (χ4n) is 3.48. The number of hydrogen-bond acceptors (Lipinski definition) is 5. The number of anilines is 1. The Labute approximate surface area is 159 Å². The predicted molar refractivity (Wildman–Crippen MR) is 100 cm³/mol. The number of piperidine rings is 1. The van der Waals surface area contributed by atoms with E-state index >= 15 is 0 Å². The minimum Gasteiger partial charge on any atom is -0.478 e. The van der Waals surface area contributed by atoms with E-state index in [0.29, 0.717) is 18.9 Å². The number of aromatic carboxylic acids is 1. The van der Waals surface area contributed by atoms with Crippen LogP contribution in [-0.2, 0) is 0 Å². The number of carboxylic acid groups (broad SMARTS) is 1. The molecule has 3 heterocycles. The van der Waals surface area contributed by atoms with E-state index in [2.05, 4.69) is 15.2 Å². The first kappa shape index (κ1) is 18.3. The molecule has 7 nitrogen and oxygen atoms in total. The third-order valence-electron chi connectivity index (χ3n) is 5.18. The molecule has 3 aromatic rings. The molecule has 0 radical (unpaired) electrons. The zero-order valence-electron chi connectivity index (χ0n) is 15.2. The van der Waals surface area contributed by atoms with Gasteiger partial charge in [0.05, 0.1) is 10.9 Å². The van der Waals surface area contributed by atoms with E-state index < -0.39 is 17.6 Å². The standard InChI is InChI=1S/C19H19F2N5O2/c1-19(22)5-7-26(8-6-19)13-9-11(18(27)28)14-16(24-25-17(14)23-13)10-3-2-4-12(20)15(10)21/h2-4,9H,5-8,22H2,1H3,(H,27,28)(H,23,24,25). The summed E-state index contributed by atoms with van der Waals surface area (Å²) in [7, 11) is 0. The second-order valence-electron chi connectivity index (χ2n) is 7.37. The lowest BCUT2D eigenvalue weighted by molar-refractivity contribution is 0.0699. The van der Waals surface area contributed by atoms with Crippen molar-refractivity contribution < 1.29 is 18.7 Å². The minimum absolute atomic E-state index is 0.0108. The number of aromatic amines is 1. The van der Waals surface area contributed by atoms with Gasteiger partial charge in [-0.15, -0.1) is 0 Å². The quantitative estimate of drug-likeness (QED) is 0.638. The van der Waals surface area contributed by atoms with Crippen molar-refractivity contribution in [1.82, 2.24) is 15.2 Å². The highest BCUT2D eigenvalue weighted by Gasteiger charge is 2.28. The smallest absolute Gasteiger partial charge is 0.336 e. The van der Waals surface area contributed by atoms with E-state index in [1.54, 1.807) is 0 Å². The monoisotopic (exact) mass is 387 g/mol. The van der Waals surface area contributed by atoms with Gasteiger partial charge in [-0.25, -0.2) is 18.6 Å². The van der Waals surface area contributed by atoms with Crippen LogP contribution in [0.3, 0.4) is 0 Å². The van der Waals surface area contributed by atoms with Crippen LogP contribution in [0.5, 0.6) is 0 Å². The van der Waals surface area contributed by atoms with E-state index in [9.17, 15) is 18.7 Å². The van der Waals surface area contributed by atoms with Gasteiger partial charge in [0, 0.05) is 24.2 Å². The third-order valence-corrected chi connectivity index (χ3v) is 5.18. The van der Waals surface area contributed by atoms with Crippen LogP contribution in [0.25, 0.3) is 22.3 Å². The Balaban J connectivity index is 1.84. The molecule has 4 N–H and O–H groups in total. The molecule has 146 valence electrons. The second kappa shape index (κ2) is 6.52. The third kappa shape index (κ3) is 3.07. The van der Waals surface area contributed by atoms with Gasteiger partial charge >= 0.3 is 5.97 Å². The van der Waals surface area contributed by atoms with Crippen molar-refractivity contribution in [3.63, 3.8) is 0 Å². The van der Waals surface area contributed by atoms with Gasteiger partial charge in [-0.3, -0.25) is 5.10 Å². The van der Waals surface area contributed by atoms with Crippen molar-refractivity contribution in [2.24, 2.45) is 5.73 Å². The summed E-state index contributed by atoms with van der Waals surface area (Å²) in [5, 5.41) is 16.6. The van der Waals surface area contributed by atoms with Crippen molar-refractivity contribution in [2.45, 2.75) is 25.3 Å². The SMILES string of the molecule is CC1(N)CCN(c2cc(C(=O)O)c3c(-c4cccc(F)c4F)n[nH]c3n2)CC1. The molecule has 1 aliphatic rings. The molecular formula is C19H19F2N5O2. The lowest BCUT2D eigenvalue weighted by atomic mass is 9.91. The number of hydrogen-bond donors (Lipinski definition) is 3. The molecule has 1 aliphatic heterocycles. The molecule has 1 aromatic carbocycles. The molecule has 0 unspecified atom stereocenters. The summed E-state index contributed by atoms with van der Waals surface area (Å²) in [4.78, 5) is 18.3. The zero-order valence-corrected chi connectivity index (χ0v) is 15.2. The van der Waals surface area contributed by atoms with Crippen LogP contribution in [0.4, 0.5) is 14.6 Å². The van der Waals surface area contributed by atoms with Crippen molar-refractivity contribution in [3.05, 3.63) is 41.5 Å². The Morgan fingerprint density at radius 2 is 2.04 bits per heavy atom. The molecule has 9 heteroatoms. The van der Waals surface area contributed by atoms with Crippen LogP contribution in [0.2, 0.25) is 0 Å². The Morgan fingerprint density at radius 3 is 2.71 bits per heavy atom. The molecular weight excluding hydrogens is 368 g/mol. The Kier molecular flexibility index (Phi) is 4.26. The van der Waals surface area contributed by atoms with Crippen LogP contribution in [0, 0.1) is 11.6 Å². The Hall–Kier alpha value is -3.07. The highest BCUT2D eigenvalue weighted by atomic mass is 19.2. The molecule has 0 amide bonds. The highest BCUT2D eigenvalue weighted by molar-refractivity contribution is 6.08. The maximum absolute atomic E-state index is 14.3. The summed E-state index contributed by atoms with van der Waals surface area (Å²) in [6, 6.07) is 5.12. The van der Waals surface area contributed by atoms with Gasteiger partial charge in [0.2, 0.25) is 0 Å². The van der Waals surface area contributed by atoms with Crippen LogP contribution in [0.15, 0.2) is 24.3 Å². The first-order chi connectivity index (χ1) is 13.3. The second-order valence-corrected chi connectivity index (χ2v) is 7.37. The van der Waals surface area contributed by atoms with Crippen molar-refractivity contribution >= 4 is 22.8 Å². The predicted octanol–water partition coefficient (Wildman–Crippen LogP) is 2.92. The van der Waals surface area contributed by atoms with Gasteiger partial charge in [-0.1, -0.05) is 6.07 Å². The highest BCUT2D eigenvalue weighted by Crippen LogP contribution is 2.33. The van der Waals surface area contributed by atoms with Gasteiger partial charge in [0.25, 0.3) is 0 Å². The van der Waals surface area contributed by atoms with E-state index in [4.69, 9.17) is 5.73 Å². The number of rotatable bonds is 3. The summed E-state index contributed by atoms with van der Waals surface area (Å²) in [5.41, 5.74) is 5.91. The van der Waals surface area contributed by atoms with Crippen molar-refractivity contribution in [1.29, 1.82) is 0 Å².